The average molecular weight is 282 g/mol. The lowest BCUT2D eigenvalue weighted by atomic mass is 9.89. The van der Waals surface area contributed by atoms with E-state index < -0.39 is 0 Å². The van der Waals surface area contributed by atoms with Crippen molar-refractivity contribution in [3.05, 3.63) is 30.0 Å². The van der Waals surface area contributed by atoms with Crippen LogP contribution < -0.4 is 4.74 Å². The van der Waals surface area contributed by atoms with Gasteiger partial charge in [0.25, 0.3) is 0 Å². The van der Waals surface area contributed by atoms with Gasteiger partial charge in [-0.2, -0.15) is 10.5 Å². The van der Waals surface area contributed by atoms with Gasteiger partial charge in [-0.05, 0) is 45.2 Å². The summed E-state index contributed by atoms with van der Waals surface area (Å²) in [5.41, 5.74) is 0.370. The van der Waals surface area contributed by atoms with Crippen LogP contribution in [0.3, 0.4) is 0 Å². The molecule has 0 amide bonds. The van der Waals surface area contributed by atoms with Crippen molar-refractivity contribution in [3.8, 4) is 17.9 Å². The number of nitriles is 2. The Bertz CT molecular complexity index is 702. The molecule has 0 radical (unpaired) electrons. The van der Waals surface area contributed by atoms with Gasteiger partial charge in [0.05, 0.1) is 23.5 Å². The quantitative estimate of drug-likeness (QED) is 0.736. The molecule has 0 bridgehead atoms. The molecular formula is C17H18N2O2. The molecule has 0 aliphatic carbocycles. The molecule has 0 saturated heterocycles. The van der Waals surface area contributed by atoms with Crippen molar-refractivity contribution < 1.29 is 9.15 Å². The minimum Gasteiger partial charge on any atom is -0.488 e. The molecule has 0 N–H and O–H groups in total. The van der Waals surface area contributed by atoms with Gasteiger partial charge in [-0.15, -0.1) is 0 Å². The molecule has 0 spiro atoms. The fraction of sp³-hybridized carbons (Fsp3) is 0.412. The number of furan rings is 1. The van der Waals surface area contributed by atoms with Crippen molar-refractivity contribution in [2.45, 2.75) is 33.1 Å². The van der Waals surface area contributed by atoms with Crippen molar-refractivity contribution in [1.29, 1.82) is 10.5 Å². The van der Waals surface area contributed by atoms with E-state index in [9.17, 15) is 0 Å². The third-order valence-corrected chi connectivity index (χ3v) is 3.40. The second-order valence-corrected chi connectivity index (χ2v) is 5.67. The number of benzene rings is 1. The molecule has 1 aromatic heterocycles. The second kappa shape index (κ2) is 6.33. The highest BCUT2D eigenvalue weighted by Crippen LogP contribution is 2.32. The average Bonchev–Trinajstić information content (AvgIpc) is 2.85. The molecule has 0 unspecified atom stereocenters. The Morgan fingerprint density at radius 1 is 1.19 bits per heavy atom. The summed E-state index contributed by atoms with van der Waals surface area (Å²) < 4.78 is 11.2. The standard InChI is InChI=1S/C17H18N2O2/c1-17(2,12-19)9-5-6-10-20-16-13-7-3-4-8-14(13)21-15(16)11-18/h3-4,7-8H,5-6,9-10H2,1-2H3. The topological polar surface area (TPSA) is 69.9 Å². The van der Waals surface area contributed by atoms with E-state index in [2.05, 4.69) is 6.07 Å². The predicted octanol–water partition coefficient (Wildman–Crippen LogP) is 4.40. The molecule has 2 aromatic rings. The van der Waals surface area contributed by atoms with Crippen LogP contribution in [0, 0.1) is 28.1 Å². The van der Waals surface area contributed by atoms with Crippen LogP contribution in [0.15, 0.2) is 28.7 Å². The van der Waals surface area contributed by atoms with Crippen molar-refractivity contribution >= 4 is 11.0 Å². The van der Waals surface area contributed by atoms with E-state index in [1.807, 2.05) is 44.2 Å². The van der Waals surface area contributed by atoms with E-state index in [1.54, 1.807) is 0 Å². The predicted molar refractivity (Wildman–Crippen MR) is 79.7 cm³/mol. The van der Waals surface area contributed by atoms with E-state index in [0.29, 0.717) is 17.9 Å². The zero-order valence-electron chi connectivity index (χ0n) is 12.3. The zero-order valence-corrected chi connectivity index (χ0v) is 12.3. The highest BCUT2D eigenvalue weighted by Gasteiger charge is 2.17. The summed E-state index contributed by atoms with van der Waals surface area (Å²) in [7, 11) is 0. The Labute approximate surface area is 124 Å². The number of fused-ring (bicyclic) bond motifs is 1. The van der Waals surface area contributed by atoms with Gasteiger partial charge in [-0.1, -0.05) is 12.1 Å². The first-order valence-electron chi connectivity index (χ1n) is 7.03. The van der Waals surface area contributed by atoms with E-state index in [4.69, 9.17) is 19.7 Å². The first kappa shape index (κ1) is 14.9. The Balaban J connectivity index is 1.95. The van der Waals surface area contributed by atoms with Gasteiger partial charge < -0.3 is 9.15 Å². The lowest BCUT2D eigenvalue weighted by Gasteiger charge is -2.14. The monoisotopic (exact) mass is 282 g/mol. The fourth-order valence-corrected chi connectivity index (χ4v) is 2.14. The van der Waals surface area contributed by atoms with Gasteiger partial charge in [0, 0.05) is 0 Å². The molecule has 4 nitrogen and oxygen atoms in total. The third kappa shape index (κ3) is 3.55. The van der Waals surface area contributed by atoms with Gasteiger partial charge in [-0.25, -0.2) is 0 Å². The smallest absolute Gasteiger partial charge is 0.246 e. The number of unbranched alkanes of at least 4 members (excludes halogenated alkanes) is 1. The minimum atomic E-state index is -0.292. The van der Waals surface area contributed by atoms with Crippen molar-refractivity contribution in [2.75, 3.05) is 6.61 Å². The number of hydrogen-bond donors (Lipinski definition) is 0. The van der Waals surface area contributed by atoms with E-state index in [-0.39, 0.29) is 11.2 Å². The summed E-state index contributed by atoms with van der Waals surface area (Å²) in [6, 6.07) is 11.8. The van der Waals surface area contributed by atoms with Crippen LogP contribution in [-0.4, -0.2) is 6.61 Å². The van der Waals surface area contributed by atoms with E-state index >= 15 is 0 Å². The van der Waals surface area contributed by atoms with Gasteiger partial charge >= 0.3 is 0 Å². The minimum absolute atomic E-state index is 0.216. The number of rotatable bonds is 6. The maximum atomic E-state index is 9.10. The van der Waals surface area contributed by atoms with Crippen molar-refractivity contribution in [3.63, 3.8) is 0 Å². The number of ether oxygens (including phenoxy) is 1. The molecule has 0 saturated carbocycles. The molecular weight excluding hydrogens is 264 g/mol. The summed E-state index contributed by atoms with van der Waals surface area (Å²) in [4.78, 5) is 0. The molecule has 1 heterocycles. The molecule has 0 fully saturated rings. The van der Waals surface area contributed by atoms with Gasteiger partial charge in [0.1, 0.15) is 11.7 Å². The van der Waals surface area contributed by atoms with Crippen molar-refractivity contribution in [1.82, 2.24) is 0 Å². The molecule has 0 atom stereocenters. The SMILES string of the molecule is CC(C)(C#N)CCCCOc1c(C#N)oc2ccccc12. The maximum Gasteiger partial charge on any atom is 0.246 e. The molecule has 2 rings (SSSR count). The van der Waals surface area contributed by atoms with Crippen LogP contribution in [0.4, 0.5) is 0 Å². The summed E-state index contributed by atoms with van der Waals surface area (Å²) in [5.74, 6) is 0.737. The maximum absolute atomic E-state index is 9.10. The van der Waals surface area contributed by atoms with Crippen LogP contribution >= 0.6 is 0 Å². The van der Waals surface area contributed by atoms with Crippen molar-refractivity contribution in [2.24, 2.45) is 5.41 Å². The van der Waals surface area contributed by atoms with Crippen LogP contribution in [0.1, 0.15) is 38.9 Å². The van der Waals surface area contributed by atoms with Crippen LogP contribution in [0.2, 0.25) is 0 Å². The molecule has 4 heteroatoms. The summed E-state index contributed by atoms with van der Waals surface area (Å²) in [6.45, 7) is 4.39. The molecule has 1 aromatic carbocycles. The Kier molecular flexibility index (Phi) is 4.50. The normalized spacial score (nSPS) is 11.0. The Hall–Kier alpha value is -2.46. The number of nitrogens with zero attached hydrogens (tertiary/aromatic N) is 2. The van der Waals surface area contributed by atoms with Crippen LogP contribution in [0.25, 0.3) is 11.0 Å². The Morgan fingerprint density at radius 2 is 1.95 bits per heavy atom. The number of hydrogen-bond acceptors (Lipinski definition) is 4. The lowest BCUT2D eigenvalue weighted by molar-refractivity contribution is 0.293. The lowest BCUT2D eigenvalue weighted by Crippen LogP contribution is -2.08. The molecule has 0 aliphatic heterocycles. The zero-order chi connectivity index (χ0) is 15.3. The summed E-state index contributed by atoms with van der Waals surface area (Å²) in [6.07, 6.45) is 2.60. The summed E-state index contributed by atoms with van der Waals surface area (Å²) >= 11 is 0. The summed E-state index contributed by atoms with van der Waals surface area (Å²) in [5, 5.41) is 18.9. The largest absolute Gasteiger partial charge is 0.488 e. The highest BCUT2D eigenvalue weighted by atomic mass is 16.5. The van der Waals surface area contributed by atoms with Gasteiger partial charge in [0.2, 0.25) is 5.76 Å². The molecule has 108 valence electrons. The molecule has 0 aliphatic rings. The van der Waals surface area contributed by atoms with Gasteiger partial charge in [0.15, 0.2) is 5.75 Å². The fourth-order valence-electron chi connectivity index (χ4n) is 2.14. The first-order valence-corrected chi connectivity index (χ1v) is 7.03. The first-order chi connectivity index (χ1) is 10.1. The molecule has 21 heavy (non-hydrogen) atoms. The number of para-hydroxylation sites is 1. The highest BCUT2D eigenvalue weighted by molar-refractivity contribution is 5.86. The van der Waals surface area contributed by atoms with Gasteiger partial charge in [-0.3, -0.25) is 0 Å². The van der Waals surface area contributed by atoms with Crippen LogP contribution in [-0.2, 0) is 0 Å². The van der Waals surface area contributed by atoms with Crippen LogP contribution in [0.5, 0.6) is 5.75 Å². The van der Waals surface area contributed by atoms with E-state index in [1.165, 1.54) is 0 Å². The Morgan fingerprint density at radius 3 is 2.67 bits per heavy atom. The third-order valence-electron chi connectivity index (χ3n) is 3.40. The second-order valence-electron chi connectivity index (χ2n) is 5.67. The van der Waals surface area contributed by atoms with E-state index in [0.717, 1.165) is 24.6 Å².